The van der Waals surface area contributed by atoms with E-state index in [1.54, 1.807) is 39.0 Å². The molecule has 310 valence electrons. The monoisotopic (exact) mass is 804 g/mol. The van der Waals surface area contributed by atoms with E-state index < -0.39 is 35.3 Å². The van der Waals surface area contributed by atoms with Gasteiger partial charge in [0.25, 0.3) is 0 Å². The van der Waals surface area contributed by atoms with Gasteiger partial charge in [0.2, 0.25) is 0 Å². The summed E-state index contributed by atoms with van der Waals surface area (Å²) in [5.41, 5.74) is 6.00. The minimum absolute atomic E-state index is 0.0325. The quantitative estimate of drug-likeness (QED) is 0.0560. The van der Waals surface area contributed by atoms with Crippen LogP contribution in [0.1, 0.15) is 86.8 Å². The van der Waals surface area contributed by atoms with Crippen molar-refractivity contribution in [2.75, 3.05) is 19.8 Å². The van der Waals surface area contributed by atoms with Gasteiger partial charge in [0.15, 0.2) is 0 Å². The first-order chi connectivity index (χ1) is 28.1. The maximum atomic E-state index is 12.8. The number of hydrogen-bond acceptors (Lipinski definition) is 11. The standard InChI is InChI=1S/C48H52O11/c1-30(2)44(50)55-28-48(7,29-56-45(51)31(3)4)24-25-54-40-20-22-42-36(27-40)11-10-35-26-33(8-21-41(35)42)9-23-43(49)57-37-16-18-39(19-17-37)59-47(53)34-12-14-38(15-13-34)58-46(52)32(5)6/h8-9,12-15,20-23,26-27,37,39H,1,3,5,10-11,16-19,24-25,28-29H2,2,4,6-7H3/b23-9+/t37-,39+. The highest BCUT2D eigenvalue weighted by atomic mass is 16.6. The number of benzene rings is 3. The Balaban J connectivity index is 1.08. The van der Waals surface area contributed by atoms with Gasteiger partial charge in [0.05, 0.1) is 12.2 Å². The topological polar surface area (TPSA) is 141 Å². The molecule has 3 aromatic carbocycles. The van der Waals surface area contributed by atoms with Gasteiger partial charge >= 0.3 is 29.8 Å². The van der Waals surface area contributed by atoms with E-state index >= 15 is 0 Å². The molecule has 1 saturated carbocycles. The van der Waals surface area contributed by atoms with Crippen LogP contribution in [0.25, 0.3) is 17.2 Å². The van der Waals surface area contributed by atoms with Crippen LogP contribution >= 0.6 is 0 Å². The third-order valence-corrected chi connectivity index (χ3v) is 10.2. The Morgan fingerprint density at radius 3 is 1.78 bits per heavy atom. The van der Waals surface area contributed by atoms with Crippen molar-refractivity contribution in [2.24, 2.45) is 5.41 Å². The van der Waals surface area contributed by atoms with Crippen molar-refractivity contribution in [3.63, 3.8) is 0 Å². The molecule has 0 spiro atoms. The molecule has 2 aliphatic carbocycles. The molecule has 59 heavy (non-hydrogen) atoms. The van der Waals surface area contributed by atoms with Gasteiger partial charge in [-0.3, -0.25) is 0 Å². The lowest BCUT2D eigenvalue weighted by atomic mass is 9.84. The van der Waals surface area contributed by atoms with Crippen LogP contribution in [0.2, 0.25) is 0 Å². The van der Waals surface area contributed by atoms with Gasteiger partial charge in [0, 0.05) is 28.2 Å². The van der Waals surface area contributed by atoms with E-state index in [9.17, 15) is 24.0 Å². The summed E-state index contributed by atoms with van der Waals surface area (Å²) in [6.45, 7) is 17.8. The molecular formula is C48H52O11. The Morgan fingerprint density at radius 2 is 1.20 bits per heavy atom. The van der Waals surface area contributed by atoms with Crippen LogP contribution in [0.4, 0.5) is 0 Å². The summed E-state index contributed by atoms with van der Waals surface area (Å²) in [6.07, 6.45) is 7.07. The highest BCUT2D eigenvalue weighted by molar-refractivity contribution is 5.91. The molecule has 2 aliphatic rings. The lowest BCUT2D eigenvalue weighted by Gasteiger charge is -2.29. The predicted molar refractivity (Wildman–Crippen MR) is 223 cm³/mol. The van der Waals surface area contributed by atoms with Gasteiger partial charge < -0.3 is 28.4 Å². The normalized spacial score (nSPS) is 15.8. The van der Waals surface area contributed by atoms with Crippen molar-refractivity contribution in [2.45, 2.75) is 84.8 Å². The van der Waals surface area contributed by atoms with Crippen LogP contribution in [-0.2, 0) is 51.0 Å². The Morgan fingerprint density at radius 1 is 0.678 bits per heavy atom. The average Bonchev–Trinajstić information content (AvgIpc) is 3.21. The van der Waals surface area contributed by atoms with E-state index in [-0.39, 0.29) is 42.1 Å². The minimum atomic E-state index is -0.687. The molecule has 3 aromatic rings. The fraction of sp³-hybridized carbons (Fsp3) is 0.354. The van der Waals surface area contributed by atoms with Gasteiger partial charge in [0.1, 0.15) is 36.9 Å². The first-order valence-corrected chi connectivity index (χ1v) is 19.7. The number of rotatable bonds is 17. The smallest absolute Gasteiger partial charge is 0.338 e. The summed E-state index contributed by atoms with van der Waals surface area (Å²) >= 11 is 0. The van der Waals surface area contributed by atoms with Gasteiger partial charge in [-0.2, -0.15) is 0 Å². The number of aryl methyl sites for hydroxylation is 2. The van der Waals surface area contributed by atoms with Gasteiger partial charge in [-0.1, -0.05) is 50.9 Å². The Labute approximate surface area is 345 Å². The second-order valence-electron chi connectivity index (χ2n) is 15.6. The number of carbonyl (C=O) groups is 5. The summed E-state index contributed by atoms with van der Waals surface area (Å²) < 4.78 is 33.5. The van der Waals surface area contributed by atoms with E-state index in [1.807, 2.05) is 25.1 Å². The van der Waals surface area contributed by atoms with Crippen molar-refractivity contribution in [3.8, 4) is 22.6 Å². The molecule has 0 N–H and O–H groups in total. The first-order valence-electron chi connectivity index (χ1n) is 19.7. The molecule has 11 heteroatoms. The van der Waals surface area contributed by atoms with E-state index in [0.29, 0.717) is 55.8 Å². The molecule has 0 unspecified atom stereocenters. The number of ether oxygens (including phenoxy) is 6. The highest BCUT2D eigenvalue weighted by Crippen LogP contribution is 2.36. The molecule has 0 radical (unpaired) electrons. The second kappa shape index (κ2) is 20.0. The van der Waals surface area contributed by atoms with Crippen LogP contribution in [0.15, 0.2) is 103 Å². The zero-order chi connectivity index (χ0) is 42.7. The molecule has 0 heterocycles. The van der Waals surface area contributed by atoms with Crippen LogP contribution in [0, 0.1) is 5.41 Å². The minimum Gasteiger partial charge on any atom is -0.494 e. The van der Waals surface area contributed by atoms with Crippen LogP contribution < -0.4 is 9.47 Å². The van der Waals surface area contributed by atoms with Crippen LogP contribution in [0.5, 0.6) is 11.5 Å². The van der Waals surface area contributed by atoms with Crippen molar-refractivity contribution < 1.29 is 52.4 Å². The second-order valence-corrected chi connectivity index (χ2v) is 15.6. The Kier molecular flexibility index (Phi) is 14.8. The molecule has 0 aromatic heterocycles. The SMILES string of the molecule is C=C(C)C(=O)OCC(C)(CCOc1ccc2c(c1)CCc1cc(/C=C/C(=O)O[C@H]3CC[C@@H](OC(=O)c4ccc(OC(=O)C(=C)C)cc4)CC3)ccc1-2)COC(=O)C(=C)C. The summed E-state index contributed by atoms with van der Waals surface area (Å²) in [5.74, 6) is -1.42. The van der Waals surface area contributed by atoms with E-state index in [4.69, 9.17) is 28.4 Å². The van der Waals surface area contributed by atoms with Gasteiger partial charge in [-0.25, -0.2) is 24.0 Å². The molecule has 5 rings (SSSR count). The molecule has 0 bridgehead atoms. The number of hydrogen-bond donors (Lipinski definition) is 0. The zero-order valence-electron chi connectivity index (χ0n) is 34.3. The summed E-state index contributed by atoms with van der Waals surface area (Å²) in [5, 5.41) is 0. The average molecular weight is 805 g/mol. The van der Waals surface area contributed by atoms with E-state index in [0.717, 1.165) is 35.1 Å². The Hall–Kier alpha value is -6.23. The summed E-state index contributed by atoms with van der Waals surface area (Å²) in [6, 6.07) is 18.3. The summed E-state index contributed by atoms with van der Waals surface area (Å²) in [7, 11) is 0. The van der Waals surface area contributed by atoms with Gasteiger partial charge in [-0.15, -0.1) is 0 Å². The maximum Gasteiger partial charge on any atom is 0.338 e. The van der Waals surface area contributed by atoms with E-state index in [2.05, 4.69) is 37.9 Å². The number of carbonyl (C=O) groups excluding carboxylic acids is 5. The van der Waals surface area contributed by atoms with Crippen molar-refractivity contribution in [1.82, 2.24) is 0 Å². The molecule has 0 aliphatic heterocycles. The third kappa shape index (κ3) is 12.6. The number of esters is 5. The fourth-order valence-corrected chi connectivity index (χ4v) is 6.62. The lowest BCUT2D eigenvalue weighted by molar-refractivity contribution is -0.149. The first kappa shape index (κ1) is 43.9. The van der Waals surface area contributed by atoms with Crippen molar-refractivity contribution in [1.29, 1.82) is 0 Å². The fourth-order valence-electron chi connectivity index (χ4n) is 6.62. The van der Waals surface area contributed by atoms with Crippen LogP contribution in [0.3, 0.4) is 0 Å². The Bertz CT molecular complexity index is 2100. The molecular weight excluding hydrogens is 753 g/mol. The largest absolute Gasteiger partial charge is 0.494 e. The third-order valence-electron chi connectivity index (χ3n) is 10.2. The van der Waals surface area contributed by atoms with Crippen molar-refractivity contribution in [3.05, 3.63) is 125 Å². The maximum absolute atomic E-state index is 12.8. The molecule has 0 atom stereocenters. The highest BCUT2D eigenvalue weighted by Gasteiger charge is 2.30. The molecule has 1 fully saturated rings. The van der Waals surface area contributed by atoms with E-state index in [1.165, 1.54) is 23.8 Å². The molecule has 11 nitrogen and oxygen atoms in total. The predicted octanol–water partition coefficient (Wildman–Crippen LogP) is 8.67. The summed E-state index contributed by atoms with van der Waals surface area (Å²) in [4.78, 5) is 61.3. The van der Waals surface area contributed by atoms with Crippen LogP contribution in [-0.4, -0.2) is 61.9 Å². The molecule has 0 amide bonds. The lowest BCUT2D eigenvalue weighted by Crippen LogP contribution is -2.33. The van der Waals surface area contributed by atoms with Crippen molar-refractivity contribution >= 4 is 35.9 Å². The van der Waals surface area contributed by atoms with Gasteiger partial charge in [-0.05, 0) is 136 Å². The molecule has 0 saturated heterocycles. The number of fused-ring (bicyclic) bond motifs is 3. The zero-order valence-corrected chi connectivity index (χ0v) is 34.3.